The molecule has 0 aliphatic carbocycles. The van der Waals surface area contributed by atoms with Gasteiger partial charge in [-0.3, -0.25) is 0 Å². The van der Waals surface area contributed by atoms with Crippen molar-refractivity contribution < 1.29 is 0 Å². The molecule has 3 aromatic heterocycles. The van der Waals surface area contributed by atoms with Gasteiger partial charge in [0.05, 0.1) is 11.1 Å². The Morgan fingerprint density at radius 1 is 1.43 bits per heavy atom. The number of nitrogens with two attached hydrogens (primary N) is 1. The van der Waals surface area contributed by atoms with Crippen LogP contribution in [-0.2, 0) is 0 Å². The number of imidazole rings is 1. The van der Waals surface area contributed by atoms with Gasteiger partial charge in [-0.15, -0.1) is 11.3 Å². The predicted octanol–water partition coefficient (Wildman–Crippen LogP) is 2.10. The summed E-state index contributed by atoms with van der Waals surface area (Å²) in [5.41, 5.74) is 5.54. The van der Waals surface area contributed by atoms with E-state index in [-0.39, 0.29) is 0 Å². The molecule has 0 amide bonds. The molecule has 2 N–H and O–H groups in total. The fourth-order valence-corrected chi connectivity index (χ4v) is 2.90. The summed E-state index contributed by atoms with van der Waals surface area (Å²) in [4.78, 5) is 6.15. The maximum Gasteiger partial charge on any atom is 0.214 e. The van der Waals surface area contributed by atoms with Gasteiger partial charge >= 0.3 is 0 Å². The van der Waals surface area contributed by atoms with E-state index in [4.69, 9.17) is 5.73 Å². The van der Waals surface area contributed by atoms with Crippen molar-refractivity contribution in [2.24, 2.45) is 0 Å². The highest BCUT2D eigenvalue weighted by molar-refractivity contribution is 7.23. The molecule has 0 atom stereocenters. The van der Waals surface area contributed by atoms with Crippen molar-refractivity contribution in [1.29, 1.82) is 0 Å². The van der Waals surface area contributed by atoms with Crippen molar-refractivity contribution in [3.8, 4) is 9.88 Å². The topological polar surface area (TPSA) is 56.2 Å². The maximum atomic E-state index is 5.54. The molecule has 0 aliphatic heterocycles. The zero-order chi connectivity index (χ0) is 9.54. The molecule has 0 saturated heterocycles. The van der Waals surface area contributed by atoms with Crippen LogP contribution in [0.4, 0.5) is 5.82 Å². The standard InChI is InChI=1S/C8H6N4S2/c9-6-4-12-8(10-6)14-7(11-12)5-2-1-3-13-5/h1-4H,9H2. The summed E-state index contributed by atoms with van der Waals surface area (Å²) in [6.07, 6.45) is 1.73. The Balaban J connectivity index is 2.20. The SMILES string of the molecule is Nc1cn2nc(-c3cccs3)sc2n1. The molecule has 0 aromatic carbocycles. The third kappa shape index (κ3) is 1.11. The Morgan fingerprint density at radius 3 is 3.07 bits per heavy atom. The molecule has 0 spiro atoms. The van der Waals surface area contributed by atoms with E-state index in [9.17, 15) is 0 Å². The van der Waals surface area contributed by atoms with E-state index < -0.39 is 0 Å². The zero-order valence-corrected chi connectivity index (χ0v) is 8.68. The lowest BCUT2D eigenvalue weighted by Crippen LogP contribution is -1.83. The summed E-state index contributed by atoms with van der Waals surface area (Å²) >= 11 is 3.22. The van der Waals surface area contributed by atoms with Crippen molar-refractivity contribution in [1.82, 2.24) is 14.6 Å². The van der Waals surface area contributed by atoms with Gasteiger partial charge in [0.1, 0.15) is 5.82 Å². The lowest BCUT2D eigenvalue weighted by molar-refractivity contribution is 0.980. The van der Waals surface area contributed by atoms with Crippen molar-refractivity contribution in [2.75, 3.05) is 5.73 Å². The van der Waals surface area contributed by atoms with Crippen molar-refractivity contribution in [2.45, 2.75) is 0 Å². The Morgan fingerprint density at radius 2 is 2.36 bits per heavy atom. The first-order valence-corrected chi connectivity index (χ1v) is 5.68. The van der Waals surface area contributed by atoms with Gasteiger partial charge < -0.3 is 5.73 Å². The smallest absolute Gasteiger partial charge is 0.214 e. The van der Waals surface area contributed by atoms with Gasteiger partial charge in [0, 0.05) is 0 Å². The number of thiophene rings is 1. The van der Waals surface area contributed by atoms with Crippen LogP contribution < -0.4 is 5.73 Å². The van der Waals surface area contributed by atoms with Crippen LogP contribution in [0.25, 0.3) is 14.8 Å². The molecular formula is C8H6N4S2. The molecule has 0 saturated carbocycles. The number of hydrogen-bond donors (Lipinski definition) is 1. The molecule has 3 rings (SSSR count). The second-order valence-corrected chi connectivity index (χ2v) is 4.68. The average molecular weight is 222 g/mol. The average Bonchev–Trinajstić information content (AvgIpc) is 2.74. The number of rotatable bonds is 1. The molecule has 3 heterocycles. The van der Waals surface area contributed by atoms with Crippen LogP contribution in [0.3, 0.4) is 0 Å². The molecular weight excluding hydrogens is 216 g/mol. The fourth-order valence-electron chi connectivity index (χ4n) is 1.22. The van der Waals surface area contributed by atoms with Crippen LogP contribution in [-0.4, -0.2) is 14.6 Å². The fraction of sp³-hybridized carbons (Fsp3) is 0. The highest BCUT2D eigenvalue weighted by Gasteiger charge is 2.08. The largest absolute Gasteiger partial charge is 0.382 e. The minimum Gasteiger partial charge on any atom is -0.382 e. The number of aromatic nitrogens is 3. The summed E-state index contributed by atoms with van der Waals surface area (Å²) < 4.78 is 1.72. The van der Waals surface area contributed by atoms with E-state index >= 15 is 0 Å². The van der Waals surface area contributed by atoms with Crippen LogP contribution in [0.1, 0.15) is 0 Å². The van der Waals surface area contributed by atoms with Gasteiger partial charge in [-0.25, -0.2) is 9.50 Å². The van der Waals surface area contributed by atoms with E-state index in [0.717, 1.165) is 9.97 Å². The first kappa shape index (κ1) is 7.95. The maximum absolute atomic E-state index is 5.54. The molecule has 0 aliphatic rings. The number of anilines is 1. The molecule has 3 aromatic rings. The van der Waals surface area contributed by atoms with E-state index in [1.165, 1.54) is 4.88 Å². The molecule has 6 heteroatoms. The molecule has 0 unspecified atom stereocenters. The highest BCUT2D eigenvalue weighted by atomic mass is 32.1. The third-order valence-electron chi connectivity index (χ3n) is 1.79. The first-order chi connectivity index (χ1) is 6.83. The number of nitrogens with zero attached hydrogens (tertiary/aromatic N) is 3. The Bertz CT molecular complexity index is 532. The van der Waals surface area contributed by atoms with Gasteiger partial charge in [-0.1, -0.05) is 17.4 Å². The van der Waals surface area contributed by atoms with Crippen molar-refractivity contribution >= 4 is 33.5 Å². The minimum atomic E-state index is 0.515. The van der Waals surface area contributed by atoms with E-state index in [2.05, 4.69) is 10.1 Å². The zero-order valence-electron chi connectivity index (χ0n) is 7.04. The minimum absolute atomic E-state index is 0.515. The van der Waals surface area contributed by atoms with Crippen LogP contribution in [0.2, 0.25) is 0 Å². The number of hydrogen-bond acceptors (Lipinski definition) is 5. The van der Waals surface area contributed by atoms with E-state index in [1.807, 2.05) is 17.5 Å². The first-order valence-electron chi connectivity index (χ1n) is 3.98. The summed E-state index contributed by atoms with van der Waals surface area (Å²) in [6.45, 7) is 0. The Labute approximate surface area is 87.6 Å². The van der Waals surface area contributed by atoms with Crippen LogP contribution in [0.5, 0.6) is 0 Å². The Hall–Kier alpha value is -1.40. The summed E-state index contributed by atoms with van der Waals surface area (Å²) in [7, 11) is 0. The monoisotopic (exact) mass is 222 g/mol. The third-order valence-corrected chi connectivity index (χ3v) is 3.76. The molecule has 0 fully saturated rings. The molecule has 70 valence electrons. The van der Waals surface area contributed by atoms with Gasteiger partial charge in [-0.2, -0.15) is 5.10 Å². The quantitative estimate of drug-likeness (QED) is 0.686. The normalized spacial score (nSPS) is 11.1. The molecule has 0 radical (unpaired) electrons. The van der Waals surface area contributed by atoms with E-state index in [1.54, 1.807) is 33.4 Å². The van der Waals surface area contributed by atoms with Crippen molar-refractivity contribution in [3.05, 3.63) is 23.7 Å². The van der Waals surface area contributed by atoms with Gasteiger partial charge in [-0.05, 0) is 11.4 Å². The summed E-state index contributed by atoms with van der Waals surface area (Å²) in [5, 5.41) is 7.40. The van der Waals surface area contributed by atoms with Gasteiger partial charge in [0.15, 0.2) is 5.01 Å². The molecule has 4 nitrogen and oxygen atoms in total. The number of nitrogen functional groups attached to an aromatic ring is 1. The second kappa shape index (κ2) is 2.79. The van der Waals surface area contributed by atoms with Gasteiger partial charge in [0.25, 0.3) is 0 Å². The Kier molecular flexibility index (Phi) is 1.59. The molecule has 14 heavy (non-hydrogen) atoms. The lowest BCUT2D eigenvalue weighted by atomic mass is 10.5. The van der Waals surface area contributed by atoms with E-state index in [0.29, 0.717) is 5.82 Å². The predicted molar refractivity (Wildman–Crippen MR) is 58.6 cm³/mol. The second-order valence-electron chi connectivity index (χ2n) is 2.78. The highest BCUT2D eigenvalue weighted by Crippen LogP contribution is 2.29. The van der Waals surface area contributed by atoms with Crippen LogP contribution in [0.15, 0.2) is 23.7 Å². The van der Waals surface area contributed by atoms with Crippen molar-refractivity contribution in [3.63, 3.8) is 0 Å². The number of fused-ring (bicyclic) bond motifs is 1. The summed E-state index contributed by atoms with van der Waals surface area (Å²) in [6, 6.07) is 4.06. The summed E-state index contributed by atoms with van der Waals surface area (Å²) in [5.74, 6) is 0.515. The van der Waals surface area contributed by atoms with Gasteiger partial charge in [0.2, 0.25) is 4.96 Å². The van der Waals surface area contributed by atoms with Crippen LogP contribution in [0, 0.1) is 0 Å². The molecule has 0 bridgehead atoms. The van der Waals surface area contributed by atoms with Crippen LogP contribution >= 0.6 is 22.7 Å². The lowest BCUT2D eigenvalue weighted by Gasteiger charge is -1.84.